The number of hydrogen-bond donors (Lipinski definition) is 2. The molecular formula is C14H17N3O3. The molecule has 0 unspecified atom stereocenters. The van der Waals surface area contributed by atoms with Gasteiger partial charge in [0.15, 0.2) is 5.65 Å². The summed E-state index contributed by atoms with van der Waals surface area (Å²) in [5.41, 5.74) is 1.56. The summed E-state index contributed by atoms with van der Waals surface area (Å²) >= 11 is 0. The second kappa shape index (κ2) is 6.29. The lowest BCUT2D eigenvalue weighted by Gasteiger charge is -2.13. The van der Waals surface area contributed by atoms with E-state index >= 15 is 0 Å². The zero-order chi connectivity index (χ0) is 14.5. The van der Waals surface area contributed by atoms with Crippen LogP contribution in [0.1, 0.15) is 24.2 Å². The van der Waals surface area contributed by atoms with E-state index in [9.17, 15) is 9.90 Å². The lowest BCUT2D eigenvalue weighted by Crippen LogP contribution is -2.17. The number of rotatable bonds is 5. The van der Waals surface area contributed by atoms with Gasteiger partial charge in [-0.05, 0) is 26.0 Å². The average molecular weight is 275 g/mol. The normalized spacial score (nSPS) is 12.2. The van der Waals surface area contributed by atoms with Crippen LogP contribution >= 0.6 is 0 Å². The fourth-order valence-corrected chi connectivity index (χ4v) is 1.83. The van der Waals surface area contributed by atoms with Crippen molar-refractivity contribution >= 4 is 22.7 Å². The number of ether oxygens (including phenoxy) is 1. The summed E-state index contributed by atoms with van der Waals surface area (Å²) in [7, 11) is 0. The van der Waals surface area contributed by atoms with Crippen LogP contribution in [0.15, 0.2) is 24.5 Å². The van der Waals surface area contributed by atoms with Crippen LogP contribution in [-0.4, -0.2) is 40.3 Å². The highest BCUT2D eigenvalue weighted by molar-refractivity contribution is 6.04. The second-order valence-corrected chi connectivity index (χ2v) is 4.40. The number of anilines is 1. The molecule has 0 fully saturated rings. The Morgan fingerprint density at radius 1 is 1.50 bits per heavy atom. The number of aromatic nitrogens is 2. The van der Waals surface area contributed by atoms with Crippen LogP contribution in [0.25, 0.3) is 11.0 Å². The molecule has 2 rings (SSSR count). The highest BCUT2D eigenvalue weighted by Crippen LogP contribution is 2.25. The quantitative estimate of drug-likeness (QED) is 0.806. The molecule has 2 heterocycles. The van der Waals surface area contributed by atoms with Gasteiger partial charge in [0.25, 0.3) is 0 Å². The van der Waals surface area contributed by atoms with Crippen molar-refractivity contribution in [3.8, 4) is 0 Å². The molecule has 0 saturated carbocycles. The molecule has 6 nitrogen and oxygen atoms in total. The van der Waals surface area contributed by atoms with Crippen molar-refractivity contribution < 1.29 is 14.6 Å². The molecule has 0 aliphatic carbocycles. The van der Waals surface area contributed by atoms with Crippen LogP contribution in [0.4, 0.5) is 5.69 Å². The Morgan fingerprint density at radius 3 is 3.00 bits per heavy atom. The van der Waals surface area contributed by atoms with Crippen LogP contribution < -0.4 is 5.32 Å². The van der Waals surface area contributed by atoms with E-state index in [0.717, 1.165) is 5.39 Å². The summed E-state index contributed by atoms with van der Waals surface area (Å²) < 4.78 is 5.04. The summed E-state index contributed by atoms with van der Waals surface area (Å²) in [5.74, 6) is -0.514. The summed E-state index contributed by atoms with van der Waals surface area (Å²) in [6.07, 6.45) is 2.39. The molecule has 0 amide bonds. The lowest BCUT2D eigenvalue weighted by atomic mass is 10.1. The van der Waals surface area contributed by atoms with Gasteiger partial charge in [0.1, 0.15) is 12.2 Å². The predicted molar refractivity (Wildman–Crippen MR) is 75.7 cm³/mol. The molecule has 0 aromatic carbocycles. The number of carbonyl (C=O) groups excluding carboxylic acids is 1. The highest BCUT2D eigenvalue weighted by atomic mass is 16.5. The van der Waals surface area contributed by atoms with Crippen molar-refractivity contribution in [3.05, 3.63) is 30.1 Å². The molecule has 0 bridgehead atoms. The van der Waals surface area contributed by atoms with Gasteiger partial charge in [-0.15, -0.1) is 0 Å². The first-order valence-electron chi connectivity index (χ1n) is 6.46. The van der Waals surface area contributed by atoms with Gasteiger partial charge in [0.05, 0.1) is 11.8 Å². The third-order valence-electron chi connectivity index (χ3n) is 2.67. The van der Waals surface area contributed by atoms with Crippen LogP contribution in [0, 0.1) is 0 Å². The first-order valence-corrected chi connectivity index (χ1v) is 6.46. The van der Waals surface area contributed by atoms with E-state index in [1.807, 2.05) is 13.0 Å². The zero-order valence-electron chi connectivity index (χ0n) is 11.5. The summed E-state index contributed by atoms with van der Waals surface area (Å²) in [6, 6.07) is 3.63. The Balaban J connectivity index is 2.41. The zero-order valence-corrected chi connectivity index (χ0v) is 11.5. The van der Waals surface area contributed by atoms with Gasteiger partial charge in [-0.2, -0.15) is 0 Å². The number of esters is 1. The summed E-state index contributed by atoms with van der Waals surface area (Å²) in [4.78, 5) is 20.4. The number of pyridine rings is 2. The van der Waals surface area contributed by atoms with Gasteiger partial charge in [0.2, 0.25) is 0 Å². The topological polar surface area (TPSA) is 84.3 Å². The SMILES string of the molecule is CCNc1c(C(=O)OC[C@@H](C)O)cnc2ncccc12. The van der Waals surface area contributed by atoms with Crippen molar-refractivity contribution in [1.29, 1.82) is 0 Å². The Morgan fingerprint density at radius 2 is 2.30 bits per heavy atom. The number of fused-ring (bicyclic) bond motifs is 1. The van der Waals surface area contributed by atoms with Crippen LogP contribution in [0.3, 0.4) is 0 Å². The number of aliphatic hydroxyl groups is 1. The number of carbonyl (C=O) groups is 1. The molecule has 106 valence electrons. The second-order valence-electron chi connectivity index (χ2n) is 4.40. The van der Waals surface area contributed by atoms with E-state index in [0.29, 0.717) is 23.4 Å². The van der Waals surface area contributed by atoms with Crippen LogP contribution in [0.5, 0.6) is 0 Å². The van der Waals surface area contributed by atoms with Gasteiger partial charge in [0, 0.05) is 24.3 Å². The van der Waals surface area contributed by atoms with Gasteiger partial charge in [-0.1, -0.05) is 0 Å². The largest absolute Gasteiger partial charge is 0.459 e. The third-order valence-corrected chi connectivity index (χ3v) is 2.67. The summed E-state index contributed by atoms with van der Waals surface area (Å²) in [6.45, 7) is 4.11. The van der Waals surface area contributed by atoms with Gasteiger partial charge in [-0.3, -0.25) is 0 Å². The fourth-order valence-electron chi connectivity index (χ4n) is 1.83. The lowest BCUT2D eigenvalue weighted by molar-refractivity contribution is 0.0297. The van der Waals surface area contributed by atoms with Crippen molar-refractivity contribution in [2.75, 3.05) is 18.5 Å². The van der Waals surface area contributed by atoms with Gasteiger partial charge in [-0.25, -0.2) is 14.8 Å². The van der Waals surface area contributed by atoms with E-state index in [-0.39, 0.29) is 6.61 Å². The Labute approximate surface area is 116 Å². The number of nitrogens with zero attached hydrogens (tertiary/aromatic N) is 2. The molecular weight excluding hydrogens is 258 g/mol. The maximum atomic E-state index is 12.1. The van der Waals surface area contributed by atoms with E-state index in [4.69, 9.17) is 4.74 Å². The Bertz CT molecular complexity index is 614. The molecule has 0 aliphatic rings. The van der Waals surface area contributed by atoms with Crippen LogP contribution in [-0.2, 0) is 4.74 Å². The van der Waals surface area contributed by atoms with Crippen molar-refractivity contribution in [1.82, 2.24) is 9.97 Å². The number of nitrogens with one attached hydrogen (secondary N) is 1. The molecule has 20 heavy (non-hydrogen) atoms. The minimum atomic E-state index is -0.698. The molecule has 2 aromatic rings. The first kappa shape index (κ1) is 14.2. The first-order chi connectivity index (χ1) is 9.63. The Kier molecular flexibility index (Phi) is 4.47. The fraction of sp³-hybridized carbons (Fsp3) is 0.357. The molecule has 0 aliphatic heterocycles. The standard InChI is InChI=1S/C14H17N3O3/c1-3-15-12-10-5-4-6-16-13(10)17-7-11(12)14(19)20-8-9(2)18/h4-7,9,18H,3,8H2,1-2H3,(H,15,16,17)/t9-/m1/s1. The summed E-state index contributed by atoms with van der Waals surface area (Å²) in [5, 5.41) is 13.1. The predicted octanol–water partition coefficient (Wildman–Crippen LogP) is 1.60. The molecule has 2 aromatic heterocycles. The van der Waals surface area contributed by atoms with E-state index < -0.39 is 12.1 Å². The monoisotopic (exact) mass is 275 g/mol. The maximum absolute atomic E-state index is 12.1. The van der Waals surface area contributed by atoms with Crippen molar-refractivity contribution in [3.63, 3.8) is 0 Å². The highest BCUT2D eigenvalue weighted by Gasteiger charge is 2.17. The molecule has 0 saturated heterocycles. The molecule has 2 N–H and O–H groups in total. The van der Waals surface area contributed by atoms with Crippen molar-refractivity contribution in [2.24, 2.45) is 0 Å². The molecule has 0 spiro atoms. The number of hydrogen-bond acceptors (Lipinski definition) is 6. The van der Waals surface area contributed by atoms with Gasteiger partial charge >= 0.3 is 5.97 Å². The maximum Gasteiger partial charge on any atom is 0.341 e. The third kappa shape index (κ3) is 3.03. The van der Waals surface area contributed by atoms with E-state index in [1.54, 1.807) is 19.2 Å². The smallest absolute Gasteiger partial charge is 0.341 e. The molecule has 6 heteroatoms. The van der Waals surface area contributed by atoms with E-state index in [1.165, 1.54) is 6.20 Å². The minimum absolute atomic E-state index is 0.0462. The van der Waals surface area contributed by atoms with Crippen LogP contribution in [0.2, 0.25) is 0 Å². The Hall–Kier alpha value is -2.21. The minimum Gasteiger partial charge on any atom is -0.459 e. The van der Waals surface area contributed by atoms with Crippen molar-refractivity contribution in [2.45, 2.75) is 20.0 Å². The van der Waals surface area contributed by atoms with Gasteiger partial charge < -0.3 is 15.2 Å². The average Bonchev–Trinajstić information content (AvgIpc) is 2.45. The molecule has 1 atom stereocenters. The molecule has 0 radical (unpaired) electrons. The number of aliphatic hydroxyl groups excluding tert-OH is 1. The van der Waals surface area contributed by atoms with E-state index in [2.05, 4.69) is 15.3 Å².